The van der Waals surface area contributed by atoms with Gasteiger partial charge in [0.25, 0.3) is 5.91 Å². The van der Waals surface area contributed by atoms with Gasteiger partial charge in [-0.3, -0.25) is 9.59 Å². The second-order valence-electron chi connectivity index (χ2n) is 6.71. The predicted octanol–water partition coefficient (Wildman–Crippen LogP) is 5.35. The lowest BCUT2D eigenvalue weighted by atomic mass is 10.2. The van der Waals surface area contributed by atoms with Gasteiger partial charge in [-0.15, -0.1) is 11.8 Å². The number of carbonyl (C=O) groups is 2. The molecule has 0 aliphatic carbocycles. The predicted molar refractivity (Wildman–Crippen MR) is 131 cm³/mol. The minimum Gasteiger partial charge on any atom is -0.497 e. The summed E-state index contributed by atoms with van der Waals surface area (Å²) >= 11 is 7.55. The van der Waals surface area contributed by atoms with E-state index in [4.69, 9.17) is 25.8 Å². The van der Waals surface area contributed by atoms with Gasteiger partial charge in [0.05, 0.1) is 43.4 Å². The first-order valence-corrected chi connectivity index (χ1v) is 11.2. The van der Waals surface area contributed by atoms with Crippen molar-refractivity contribution in [1.82, 2.24) is 0 Å². The first kappa shape index (κ1) is 24.3. The second-order valence-corrected chi connectivity index (χ2v) is 8.13. The first-order chi connectivity index (χ1) is 15.9. The zero-order valence-corrected chi connectivity index (χ0v) is 19.9. The first-order valence-electron chi connectivity index (χ1n) is 9.83. The normalized spacial score (nSPS) is 10.3. The zero-order chi connectivity index (χ0) is 23.8. The molecule has 7 nitrogen and oxygen atoms in total. The Morgan fingerprint density at radius 1 is 0.879 bits per heavy atom. The number of hydrogen-bond acceptors (Lipinski definition) is 6. The van der Waals surface area contributed by atoms with Crippen molar-refractivity contribution < 1.29 is 23.8 Å². The van der Waals surface area contributed by atoms with Crippen LogP contribution in [-0.2, 0) is 4.79 Å². The maximum atomic E-state index is 13.0. The SMILES string of the molecule is COc1cccc(NC(=O)CSc2ccccc2C(=O)Nc2cc(OC)c(OC)cc2Cl)c1. The van der Waals surface area contributed by atoms with Crippen molar-refractivity contribution in [3.8, 4) is 17.2 Å². The van der Waals surface area contributed by atoms with E-state index < -0.39 is 0 Å². The van der Waals surface area contributed by atoms with Crippen LogP contribution in [0.25, 0.3) is 0 Å². The van der Waals surface area contributed by atoms with Gasteiger partial charge in [-0.1, -0.05) is 29.8 Å². The van der Waals surface area contributed by atoms with Crippen LogP contribution in [0.5, 0.6) is 17.2 Å². The average molecular weight is 487 g/mol. The molecular weight excluding hydrogens is 464 g/mol. The van der Waals surface area contributed by atoms with E-state index in [0.29, 0.717) is 44.1 Å². The molecule has 0 fully saturated rings. The van der Waals surface area contributed by atoms with E-state index in [1.54, 1.807) is 61.7 Å². The highest BCUT2D eigenvalue weighted by Crippen LogP contribution is 2.36. The molecule has 172 valence electrons. The third-order valence-corrected chi connectivity index (χ3v) is 5.95. The molecular formula is C24H23ClN2O5S. The maximum Gasteiger partial charge on any atom is 0.256 e. The number of carbonyl (C=O) groups excluding carboxylic acids is 2. The molecule has 3 aromatic carbocycles. The van der Waals surface area contributed by atoms with Crippen molar-refractivity contribution in [2.45, 2.75) is 4.90 Å². The molecule has 3 rings (SSSR count). The third kappa shape index (κ3) is 6.34. The van der Waals surface area contributed by atoms with Crippen LogP contribution in [0.2, 0.25) is 5.02 Å². The van der Waals surface area contributed by atoms with E-state index in [1.807, 2.05) is 6.07 Å². The number of nitrogens with one attached hydrogen (secondary N) is 2. The largest absolute Gasteiger partial charge is 0.497 e. The summed E-state index contributed by atoms with van der Waals surface area (Å²) in [4.78, 5) is 26.1. The highest BCUT2D eigenvalue weighted by molar-refractivity contribution is 8.00. The van der Waals surface area contributed by atoms with Crippen LogP contribution in [0.15, 0.2) is 65.6 Å². The Morgan fingerprint density at radius 2 is 1.61 bits per heavy atom. The van der Waals surface area contributed by atoms with Crippen molar-refractivity contribution in [1.29, 1.82) is 0 Å². The Morgan fingerprint density at radius 3 is 2.33 bits per heavy atom. The van der Waals surface area contributed by atoms with Crippen LogP contribution in [0, 0.1) is 0 Å². The fraction of sp³-hybridized carbons (Fsp3) is 0.167. The minimum absolute atomic E-state index is 0.124. The Balaban J connectivity index is 1.70. The number of thioether (sulfide) groups is 1. The molecule has 0 aliphatic heterocycles. The average Bonchev–Trinajstić information content (AvgIpc) is 2.83. The number of anilines is 2. The number of ether oxygens (including phenoxy) is 3. The summed E-state index contributed by atoms with van der Waals surface area (Å²) in [6.07, 6.45) is 0. The van der Waals surface area contributed by atoms with Gasteiger partial charge in [-0.05, 0) is 24.3 Å². The summed E-state index contributed by atoms with van der Waals surface area (Å²) in [7, 11) is 4.57. The molecule has 2 amide bonds. The van der Waals surface area contributed by atoms with Crippen LogP contribution < -0.4 is 24.8 Å². The van der Waals surface area contributed by atoms with Crippen molar-refractivity contribution in [3.05, 3.63) is 71.2 Å². The summed E-state index contributed by atoms with van der Waals surface area (Å²) in [5.41, 5.74) is 1.44. The van der Waals surface area contributed by atoms with Gasteiger partial charge in [0.15, 0.2) is 11.5 Å². The second kappa shape index (κ2) is 11.5. The van der Waals surface area contributed by atoms with Crippen molar-refractivity contribution in [2.75, 3.05) is 37.7 Å². The molecule has 0 radical (unpaired) electrons. The highest BCUT2D eigenvalue weighted by atomic mass is 35.5. The molecule has 3 aromatic rings. The van der Waals surface area contributed by atoms with Crippen molar-refractivity contribution in [2.24, 2.45) is 0 Å². The Kier molecular flexibility index (Phi) is 8.46. The summed E-state index contributed by atoms with van der Waals surface area (Å²) in [5.74, 6) is 1.11. The number of methoxy groups -OCH3 is 3. The summed E-state index contributed by atoms with van der Waals surface area (Å²) < 4.78 is 15.7. The fourth-order valence-electron chi connectivity index (χ4n) is 2.96. The van der Waals surface area contributed by atoms with Crippen LogP contribution in [-0.4, -0.2) is 38.9 Å². The Labute approximate surface area is 201 Å². The number of halogens is 1. The number of amides is 2. The van der Waals surface area contributed by atoms with Gasteiger partial charge in [0.2, 0.25) is 5.91 Å². The Hall–Kier alpha value is -3.36. The zero-order valence-electron chi connectivity index (χ0n) is 18.3. The highest BCUT2D eigenvalue weighted by Gasteiger charge is 2.16. The van der Waals surface area contributed by atoms with E-state index in [0.717, 1.165) is 0 Å². The lowest BCUT2D eigenvalue weighted by Crippen LogP contribution is -2.16. The molecule has 9 heteroatoms. The molecule has 0 saturated heterocycles. The van der Waals surface area contributed by atoms with Crippen molar-refractivity contribution >= 4 is 46.6 Å². The van der Waals surface area contributed by atoms with Gasteiger partial charge < -0.3 is 24.8 Å². The van der Waals surface area contributed by atoms with Crippen LogP contribution in [0.3, 0.4) is 0 Å². The third-order valence-electron chi connectivity index (χ3n) is 4.57. The number of rotatable bonds is 9. The van der Waals surface area contributed by atoms with E-state index in [-0.39, 0.29) is 17.6 Å². The quantitative estimate of drug-likeness (QED) is 0.396. The molecule has 0 atom stereocenters. The van der Waals surface area contributed by atoms with Gasteiger partial charge in [-0.25, -0.2) is 0 Å². The van der Waals surface area contributed by atoms with Crippen LogP contribution >= 0.6 is 23.4 Å². The lowest BCUT2D eigenvalue weighted by molar-refractivity contribution is -0.113. The molecule has 0 saturated carbocycles. The number of hydrogen-bond donors (Lipinski definition) is 2. The van der Waals surface area contributed by atoms with E-state index in [9.17, 15) is 9.59 Å². The van der Waals surface area contributed by atoms with E-state index in [2.05, 4.69) is 10.6 Å². The maximum absolute atomic E-state index is 13.0. The van der Waals surface area contributed by atoms with Gasteiger partial charge >= 0.3 is 0 Å². The number of benzene rings is 3. The molecule has 0 aromatic heterocycles. The summed E-state index contributed by atoms with van der Waals surface area (Å²) in [5, 5.41) is 5.93. The Bertz CT molecular complexity index is 1160. The summed E-state index contributed by atoms with van der Waals surface area (Å²) in [6.45, 7) is 0. The van der Waals surface area contributed by atoms with Crippen LogP contribution in [0.1, 0.15) is 10.4 Å². The lowest BCUT2D eigenvalue weighted by Gasteiger charge is -2.14. The molecule has 33 heavy (non-hydrogen) atoms. The van der Waals surface area contributed by atoms with E-state index in [1.165, 1.54) is 26.0 Å². The topological polar surface area (TPSA) is 85.9 Å². The van der Waals surface area contributed by atoms with Crippen molar-refractivity contribution in [3.63, 3.8) is 0 Å². The molecule has 0 heterocycles. The smallest absolute Gasteiger partial charge is 0.256 e. The van der Waals surface area contributed by atoms with Gasteiger partial charge in [0.1, 0.15) is 5.75 Å². The molecule has 0 bridgehead atoms. The van der Waals surface area contributed by atoms with Gasteiger partial charge in [-0.2, -0.15) is 0 Å². The minimum atomic E-state index is -0.361. The standard InChI is InChI=1S/C24H23ClN2O5S/c1-30-16-8-6-7-15(11-16)26-23(28)14-33-22-10-5-4-9-17(22)24(29)27-19-13-21(32-3)20(31-2)12-18(19)25/h4-13H,14H2,1-3H3,(H,26,28)(H,27,29). The van der Waals surface area contributed by atoms with E-state index >= 15 is 0 Å². The molecule has 0 aliphatic rings. The summed E-state index contributed by atoms with van der Waals surface area (Å²) in [6, 6.07) is 17.3. The molecule has 0 spiro atoms. The monoisotopic (exact) mass is 486 g/mol. The fourth-order valence-corrected chi connectivity index (χ4v) is 4.01. The van der Waals surface area contributed by atoms with Crippen LogP contribution in [0.4, 0.5) is 11.4 Å². The molecule has 0 unspecified atom stereocenters. The molecule has 2 N–H and O–H groups in total. The van der Waals surface area contributed by atoms with Gasteiger partial charge in [0, 0.05) is 28.8 Å².